The highest BCUT2D eigenvalue weighted by Crippen LogP contribution is 2.20. The molecule has 0 bridgehead atoms. The van der Waals surface area contributed by atoms with Gasteiger partial charge in [0, 0.05) is 25.0 Å². The van der Waals surface area contributed by atoms with Crippen LogP contribution in [0, 0.1) is 6.92 Å². The molecule has 0 radical (unpaired) electrons. The number of nitrogens with zero attached hydrogens (tertiary/aromatic N) is 4. The second-order valence-electron chi connectivity index (χ2n) is 3.86. The maximum absolute atomic E-state index is 4.66. The van der Waals surface area contributed by atoms with Crippen molar-refractivity contribution in [3.63, 3.8) is 0 Å². The molecule has 0 aliphatic heterocycles. The summed E-state index contributed by atoms with van der Waals surface area (Å²) in [6.45, 7) is 4.12. The first-order valence-corrected chi connectivity index (χ1v) is 6.81. The lowest BCUT2D eigenvalue weighted by Crippen LogP contribution is -1.96. The van der Waals surface area contributed by atoms with Gasteiger partial charge in [-0.2, -0.15) is 5.10 Å². The van der Waals surface area contributed by atoms with Crippen molar-refractivity contribution in [2.24, 2.45) is 12.0 Å². The number of aryl methyl sites for hydroxylation is 2. The van der Waals surface area contributed by atoms with E-state index in [4.69, 9.17) is 0 Å². The van der Waals surface area contributed by atoms with E-state index in [0.717, 1.165) is 27.7 Å². The Balaban J connectivity index is 2.40. The van der Waals surface area contributed by atoms with Gasteiger partial charge in [-0.05, 0) is 24.8 Å². The average Bonchev–Trinajstić information content (AvgIpc) is 2.69. The van der Waals surface area contributed by atoms with Crippen LogP contribution in [0.5, 0.6) is 0 Å². The van der Waals surface area contributed by atoms with Crippen molar-refractivity contribution in [3.05, 3.63) is 42.0 Å². The lowest BCUT2D eigenvalue weighted by atomic mass is 10.3. The van der Waals surface area contributed by atoms with E-state index in [1.165, 1.54) is 0 Å². The third kappa shape index (κ3) is 2.98. The highest BCUT2D eigenvalue weighted by atomic mass is 32.2. The largest absolute Gasteiger partial charge is 0.275 e. The summed E-state index contributed by atoms with van der Waals surface area (Å²) < 4.78 is 1.82. The van der Waals surface area contributed by atoms with Gasteiger partial charge in [0.15, 0.2) is 0 Å². The van der Waals surface area contributed by atoms with Crippen molar-refractivity contribution in [1.82, 2.24) is 14.8 Å². The zero-order valence-corrected chi connectivity index (χ0v) is 11.6. The molecule has 94 valence electrons. The highest BCUT2D eigenvalue weighted by molar-refractivity contribution is 8.14. The Morgan fingerprint density at radius 1 is 1.50 bits per heavy atom. The van der Waals surface area contributed by atoms with Gasteiger partial charge in [0.2, 0.25) is 0 Å². The molecule has 5 heteroatoms. The van der Waals surface area contributed by atoms with Crippen molar-refractivity contribution in [2.45, 2.75) is 13.8 Å². The third-order valence-electron chi connectivity index (χ3n) is 2.40. The van der Waals surface area contributed by atoms with E-state index in [-0.39, 0.29) is 0 Å². The molecule has 2 heterocycles. The summed E-state index contributed by atoms with van der Waals surface area (Å²) in [5, 5.41) is 5.36. The van der Waals surface area contributed by atoms with E-state index in [2.05, 4.69) is 22.0 Å². The predicted octanol–water partition coefficient (Wildman–Crippen LogP) is 2.95. The molecular weight excluding hydrogens is 244 g/mol. The standard InChI is InChI=1S/C13H16N4S/c1-4-18-13(12-9-17(3)16-10(12)2)15-11-6-5-7-14-8-11/h5-9H,4H2,1-3H3. The normalized spacial score (nSPS) is 11.8. The van der Waals surface area contributed by atoms with Gasteiger partial charge in [0.1, 0.15) is 5.04 Å². The number of hydrogen-bond acceptors (Lipinski definition) is 4. The van der Waals surface area contributed by atoms with E-state index < -0.39 is 0 Å². The Labute approximate surface area is 111 Å². The molecule has 0 spiro atoms. The maximum Gasteiger partial charge on any atom is 0.107 e. The van der Waals surface area contributed by atoms with Crippen LogP contribution in [0.4, 0.5) is 5.69 Å². The quantitative estimate of drug-likeness (QED) is 0.629. The second-order valence-corrected chi connectivity index (χ2v) is 5.12. The molecule has 0 fully saturated rings. The first kappa shape index (κ1) is 12.8. The van der Waals surface area contributed by atoms with Gasteiger partial charge in [-0.15, -0.1) is 11.8 Å². The maximum atomic E-state index is 4.66. The summed E-state index contributed by atoms with van der Waals surface area (Å²) in [5.74, 6) is 0.980. The Bertz CT molecular complexity index is 545. The van der Waals surface area contributed by atoms with Crippen LogP contribution in [-0.2, 0) is 7.05 Å². The molecule has 0 unspecified atom stereocenters. The van der Waals surface area contributed by atoms with Gasteiger partial charge in [0.25, 0.3) is 0 Å². The van der Waals surface area contributed by atoms with Gasteiger partial charge >= 0.3 is 0 Å². The topological polar surface area (TPSA) is 43.1 Å². The fourth-order valence-corrected chi connectivity index (χ4v) is 2.45. The van der Waals surface area contributed by atoms with Gasteiger partial charge in [-0.25, -0.2) is 4.99 Å². The first-order chi connectivity index (χ1) is 8.70. The molecule has 2 rings (SSSR count). The Kier molecular flexibility index (Phi) is 4.15. The summed E-state index contributed by atoms with van der Waals surface area (Å²) in [6, 6.07) is 3.85. The van der Waals surface area contributed by atoms with Crippen LogP contribution in [-0.4, -0.2) is 25.6 Å². The minimum Gasteiger partial charge on any atom is -0.275 e. The van der Waals surface area contributed by atoms with E-state index in [0.29, 0.717) is 0 Å². The number of pyridine rings is 1. The van der Waals surface area contributed by atoms with Crippen molar-refractivity contribution in [1.29, 1.82) is 0 Å². The number of aliphatic imine (C=N–C) groups is 1. The molecule has 0 N–H and O–H groups in total. The van der Waals surface area contributed by atoms with Crippen molar-refractivity contribution < 1.29 is 0 Å². The van der Waals surface area contributed by atoms with Crippen LogP contribution in [0.15, 0.2) is 35.7 Å². The van der Waals surface area contributed by atoms with Crippen LogP contribution in [0.3, 0.4) is 0 Å². The summed E-state index contributed by atoms with van der Waals surface area (Å²) in [5.41, 5.74) is 2.96. The van der Waals surface area contributed by atoms with E-state index in [9.17, 15) is 0 Å². The number of rotatable bonds is 3. The highest BCUT2D eigenvalue weighted by Gasteiger charge is 2.10. The molecule has 0 saturated carbocycles. The van der Waals surface area contributed by atoms with E-state index >= 15 is 0 Å². The van der Waals surface area contributed by atoms with Gasteiger partial charge in [-0.3, -0.25) is 9.67 Å². The fraction of sp³-hybridized carbons (Fsp3) is 0.308. The number of hydrogen-bond donors (Lipinski definition) is 0. The molecule has 2 aromatic heterocycles. The molecule has 0 aliphatic rings. The SMILES string of the molecule is CCSC(=Nc1cccnc1)c1cn(C)nc1C. The van der Waals surface area contributed by atoms with Crippen LogP contribution >= 0.6 is 11.8 Å². The van der Waals surface area contributed by atoms with Crippen LogP contribution < -0.4 is 0 Å². The van der Waals surface area contributed by atoms with Gasteiger partial charge < -0.3 is 0 Å². The Morgan fingerprint density at radius 2 is 2.33 bits per heavy atom. The van der Waals surface area contributed by atoms with Gasteiger partial charge in [-0.1, -0.05) is 6.92 Å². The summed E-state index contributed by atoms with van der Waals surface area (Å²) in [6.07, 6.45) is 5.52. The molecular formula is C13H16N4S. The molecule has 0 amide bonds. The summed E-state index contributed by atoms with van der Waals surface area (Å²) >= 11 is 1.72. The minimum atomic E-state index is 0.872. The molecule has 4 nitrogen and oxygen atoms in total. The average molecular weight is 260 g/mol. The van der Waals surface area contributed by atoms with E-state index in [1.807, 2.05) is 37.0 Å². The third-order valence-corrected chi connectivity index (χ3v) is 3.27. The Hall–Kier alpha value is -1.62. The lowest BCUT2D eigenvalue weighted by Gasteiger charge is -2.03. The molecule has 2 aromatic rings. The lowest BCUT2D eigenvalue weighted by molar-refractivity contribution is 0.756. The Morgan fingerprint density at radius 3 is 2.89 bits per heavy atom. The molecule has 18 heavy (non-hydrogen) atoms. The zero-order chi connectivity index (χ0) is 13.0. The van der Waals surface area contributed by atoms with Crippen LogP contribution in [0.2, 0.25) is 0 Å². The number of thioether (sulfide) groups is 1. The molecule has 0 aliphatic carbocycles. The second kappa shape index (κ2) is 5.82. The van der Waals surface area contributed by atoms with E-state index in [1.54, 1.807) is 24.2 Å². The smallest absolute Gasteiger partial charge is 0.107 e. The summed E-state index contributed by atoms with van der Waals surface area (Å²) in [4.78, 5) is 8.74. The van der Waals surface area contributed by atoms with Gasteiger partial charge in [0.05, 0.1) is 17.6 Å². The van der Waals surface area contributed by atoms with Crippen LogP contribution in [0.1, 0.15) is 18.2 Å². The monoisotopic (exact) mass is 260 g/mol. The minimum absolute atomic E-state index is 0.872. The molecule has 0 saturated heterocycles. The zero-order valence-electron chi connectivity index (χ0n) is 10.8. The van der Waals surface area contributed by atoms with Crippen LogP contribution in [0.25, 0.3) is 0 Å². The number of aromatic nitrogens is 3. The van der Waals surface area contributed by atoms with Crippen molar-refractivity contribution in [3.8, 4) is 0 Å². The first-order valence-electron chi connectivity index (χ1n) is 5.83. The van der Waals surface area contributed by atoms with Crippen molar-refractivity contribution >= 4 is 22.5 Å². The summed E-state index contributed by atoms with van der Waals surface area (Å²) in [7, 11) is 1.93. The van der Waals surface area contributed by atoms with Crippen molar-refractivity contribution in [2.75, 3.05) is 5.75 Å². The predicted molar refractivity (Wildman–Crippen MR) is 76.5 cm³/mol. The molecule has 0 aromatic carbocycles. The fourth-order valence-electron chi connectivity index (χ4n) is 1.65. The molecule has 0 atom stereocenters.